The molecule has 0 bridgehead atoms. The van der Waals surface area contributed by atoms with Gasteiger partial charge in [-0.1, -0.05) is 47.0 Å². The molecule has 1 N–H and O–H groups in total. The zero-order valence-electron chi connectivity index (χ0n) is 16.9. The maximum atomic E-state index is 14.2. The molecule has 1 aliphatic carbocycles. The lowest BCUT2D eigenvalue weighted by atomic mass is 10.1. The summed E-state index contributed by atoms with van der Waals surface area (Å²) in [6, 6.07) is 12.8. The molecule has 0 aliphatic heterocycles. The molecule has 0 radical (unpaired) electrons. The van der Waals surface area contributed by atoms with E-state index >= 15 is 0 Å². The summed E-state index contributed by atoms with van der Waals surface area (Å²) in [5.41, 5.74) is 0.356. The second-order valence-corrected chi connectivity index (χ2v) is 8.44. The standard InChI is InChI=1S/C23H26BrFN2O3/c1-16(23(29)26-19-7-3-4-8-19)27(14-17-6-2-5-9-21(17)25)22(28)15-30-20-12-10-18(24)11-13-20/h2,5-6,9-13,16,19H,3-4,7-8,14-15H2,1H3,(H,26,29)/t16-/m0/s1. The van der Waals surface area contributed by atoms with Crippen LogP contribution >= 0.6 is 15.9 Å². The molecule has 0 unspecified atom stereocenters. The minimum Gasteiger partial charge on any atom is -0.484 e. The Morgan fingerprint density at radius 2 is 1.83 bits per heavy atom. The van der Waals surface area contributed by atoms with Crippen molar-refractivity contribution in [3.8, 4) is 5.75 Å². The van der Waals surface area contributed by atoms with Gasteiger partial charge in [0.25, 0.3) is 5.91 Å². The average molecular weight is 477 g/mol. The van der Waals surface area contributed by atoms with E-state index in [2.05, 4.69) is 21.2 Å². The van der Waals surface area contributed by atoms with E-state index in [-0.39, 0.29) is 31.0 Å². The van der Waals surface area contributed by atoms with Gasteiger partial charge in [0.15, 0.2) is 6.61 Å². The second-order valence-electron chi connectivity index (χ2n) is 7.52. The van der Waals surface area contributed by atoms with Crippen LogP contribution in [0.15, 0.2) is 53.0 Å². The van der Waals surface area contributed by atoms with E-state index in [1.165, 1.54) is 11.0 Å². The van der Waals surface area contributed by atoms with Gasteiger partial charge in [-0.2, -0.15) is 0 Å². The van der Waals surface area contributed by atoms with Gasteiger partial charge in [0.1, 0.15) is 17.6 Å². The third-order valence-electron chi connectivity index (χ3n) is 5.34. The summed E-state index contributed by atoms with van der Waals surface area (Å²) in [5.74, 6) is -0.474. The van der Waals surface area contributed by atoms with Gasteiger partial charge in [0, 0.05) is 22.6 Å². The Labute approximate surface area is 184 Å². The molecule has 30 heavy (non-hydrogen) atoms. The summed E-state index contributed by atoms with van der Waals surface area (Å²) in [6.07, 6.45) is 4.09. The largest absolute Gasteiger partial charge is 0.484 e. The fourth-order valence-corrected chi connectivity index (χ4v) is 3.81. The van der Waals surface area contributed by atoms with Crippen LogP contribution < -0.4 is 10.1 Å². The van der Waals surface area contributed by atoms with Gasteiger partial charge in [0.2, 0.25) is 5.91 Å². The van der Waals surface area contributed by atoms with Crippen LogP contribution in [-0.4, -0.2) is 35.4 Å². The van der Waals surface area contributed by atoms with Gasteiger partial charge >= 0.3 is 0 Å². The van der Waals surface area contributed by atoms with E-state index in [1.807, 2.05) is 12.1 Å². The van der Waals surface area contributed by atoms with E-state index < -0.39 is 11.9 Å². The minimum atomic E-state index is -0.744. The normalized spacial score (nSPS) is 14.9. The number of amides is 2. The van der Waals surface area contributed by atoms with Crippen LogP contribution in [0.25, 0.3) is 0 Å². The van der Waals surface area contributed by atoms with Crippen LogP contribution in [0.4, 0.5) is 4.39 Å². The molecule has 2 aromatic carbocycles. The first-order chi connectivity index (χ1) is 14.4. The highest BCUT2D eigenvalue weighted by atomic mass is 79.9. The quantitative estimate of drug-likeness (QED) is 0.612. The number of hydrogen-bond acceptors (Lipinski definition) is 3. The Morgan fingerprint density at radius 3 is 2.50 bits per heavy atom. The van der Waals surface area contributed by atoms with E-state index in [1.54, 1.807) is 37.3 Å². The Balaban J connectivity index is 1.71. The molecule has 1 atom stereocenters. The van der Waals surface area contributed by atoms with Crippen molar-refractivity contribution >= 4 is 27.7 Å². The molecule has 2 aromatic rings. The van der Waals surface area contributed by atoms with Crippen molar-refractivity contribution in [3.05, 3.63) is 64.4 Å². The lowest BCUT2D eigenvalue weighted by molar-refractivity contribution is -0.142. The third-order valence-corrected chi connectivity index (χ3v) is 5.87. The third kappa shape index (κ3) is 6.05. The molecule has 1 saturated carbocycles. The Kier molecular flexibility index (Phi) is 7.85. The molecular weight excluding hydrogens is 451 g/mol. The minimum absolute atomic E-state index is 0.00550. The molecule has 3 rings (SSSR count). The molecule has 5 nitrogen and oxygen atoms in total. The number of carbonyl (C=O) groups excluding carboxylic acids is 2. The highest BCUT2D eigenvalue weighted by Gasteiger charge is 2.29. The fourth-order valence-electron chi connectivity index (χ4n) is 3.54. The summed E-state index contributed by atoms with van der Waals surface area (Å²) in [4.78, 5) is 27.1. The van der Waals surface area contributed by atoms with Gasteiger partial charge in [0.05, 0.1) is 0 Å². The maximum Gasteiger partial charge on any atom is 0.261 e. The monoisotopic (exact) mass is 476 g/mol. The smallest absolute Gasteiger partial charge is 0.261 e. The first kappa shape index (κ1) is 22.3. The lowest BCUT2D eigenvalue weighted by Crippen LogP contribution is -2.50. The molecule has 7 heteroatoms. The number of halogens is 2. The Morgan fingerprint density at radius 1 is 1.17 bits per heavy atom. The number of nitrogens with zero attached hydrogens (tertiary/aromatic N) is 1. The highest BCUT2D eigenvalue weighted by Crippen LogP contribution is 2.20. The van der Waals surface area contributed by atoms with Crippen molar-refractivity contribution in [3.63, 3.8) is 0 Å². The fraction of sp³-hybridized carbons (Fsp3) is 0.391. The van der Waals surface area contributed by atoms with Crippen LogP contribution in [0.2, 0.25) is 0 Å². The SMILES string of the molecule is C[C@@H](C(=O)NC1CCCC1)N(Cc1ccccc1F)C(=O)COc1ccc(Br)cc1. The lowest BCUT2D eigenvalue weighted by Gasteiger charge is -2.29. The number of nitrogens with one attached hydrogen (secondary N) is 1. The molecule has 0 heterocycles. The van der Waals surface area contributed by atoms with Crippen molar-refractivity contribution in [2.75, 3.05) is 6.61 Å². The molecular formula is C23H26BrFN2O3. The zero-order valence-corrected chi connectivity index (χ0v) is 18.5. The summed E-state index contributed by atoms with van der Waals surface area (Å²) in [5, 5.41) is 3.02. The van der Waals surface area contributed by atoms with E-state index in [9.17, 15) is 14.0 Å². The van der Waals surface area contributed by atoms with Crippen molar-refractivity contribution in [2.24, 2.45) is 0 Å². The predicted molar refractivity (Wildman–Crippen MR) is 116 cm³/mol. The van der Waals surface area contributed by atoms with E-state index in [0.29, 0.717) is 11.3 Å². The van der Waals surface area contributed by atoms with Crippen LogP contribution in [0.5, 0.6) is 5.75 Å². The topological polar surface area (TPSA) is 58.6 Å². The van der Waals surface area contributed by atoms with Gasteiger partial charge in [-0.25, -0.2) is 4.39 Å². The summed E-state index contributed by atoms with van der Waals surface area (Å²) in [6.45, 7) is 1.42. The van der Waals surface area contributed by atoms with Crippen molar-refractivity contribution in [1.82, 2.24) is 10.2 Å². The van der Waals surface area contributed by atoms with Crippen LogP contribution in [0.3, 0.4) is 0 Å². The molecule has 0 saturated heterocycles. The Bertz CT molecular complexity index is 869. The summed E-state index contributed by atoms with van der Waals surface area (Å²) < 4.78 is 20.7. The second kappa shape index (κ2) is 10.6. The van der Waals surface area contributed by atoms with Gasteiger partial charge in [-0.3, -0.25) is 9.59 Å². The van der Waals surface area contributed by atoms with E-state index in [0.717, 1.165) is 30.2 Å². The van der Waals surface area contributed by atoms with Crippen LogP contribution in [-0.2, 0) is 16.1 Å². The van der Waals surface area contributed by atoms with Gasteiger partial charge in [-0.05, 0) is 50.1 Å². The molecule has 2 amide bonds. The maximum absolute atomic E-state index is 14.2. The first-order valence-electron chi connectivity index (χ1n) is 10.2. The van der Waals surface area contributed by atoms with Crippen LogP contribution in [0, 0.1) is 5.82 Å². The zero-order chi connectivity index (χ0) is 21.5. The molecule has 160 valence electrons. The average Bonchev–Trinajstić information content (AvgIpc) is 3.25. The number of benzene rings is 2. The number of rotatable bonds is 8. The molecule has 1 aliphatic rings. The Hall–Kier alpha value is -2.41. The first-order valence-corrected chi connectivity index (χ1v) is 10.9. The number of carbonyl (C=O) groups is 2. The van der Waals surface area contributed by atoms with E-state index in [4.69, 9.17) is 4.74 Å². The molecule has 0 spiro atoms. The van der Waals surface area contributed by atoms with Crippen LogP contribution in [0.1, 0.15) is 38.2 Å². The predicted octanol–water partition coefficient (Wildman–Crippen LogP) is 4.44. The summed E-state index contributed by atoms with van der Waals surface area (Å²) in [7, 11) is 0. The number of ether oxygens (including phenoxy) is 1. The van der Waals surface area contributed by atoms with Crippen molar-refractivity contribution in [1.29, 1.82) is 0 Å². The number of hydrogen-bond donors (Lipinski definition) is 1. The van der Waals surface area contributed by atoms with Crippen molar-refractivity contribution in [2.45, 2.75) is 51.2 Å². The summed E-state index contributed by atoms with van der Waals surface area (Å²) >= 11 is 3.35. The highest BCUT2D eigenvalue weighted by molar-refractivity contribution is 9.10. The molecule has 0 aromatic heterocycles. The van der Waals surface area contributed by atoms with Gasteiger partial charge in [-0.15, -0.1) is 0 Å². The van der Waals surface area contributed by atoms with Crippen molar-refractivity contribution < 1.29 is 18.7 Å². The molecule has 1 fully saturated rings. The van der Waals surface area contributed by atoms with Gasteiger partial charge < -0.3 is 15.0 Å².